The Kier molecular flexibility index (Phi) is 7.45. The molecule has 2 N–H and O–H groups in total. The van der Waals surface area contributed by atoms with Crippen LogP contribution in [0.5, 0.6) is 0 Å². The van der Waals surface area contributed by atoms with E-state index in [0.717, 1.165) is 13.0 Å². The fraction of sp³-hybridized carbons (Fsp3) is 1.00. The molecule has 74 valence electrons. The number of hydrogen-bond acceptors (Lipinski definition) is 3. The highest BCUT2D eigenvalue weighted by Gasteiger charge is 2.06. The molecule has 0 rings (SSSR count). The highest BCUT2D eigenvalue weighted by Crippen LogP contribution is 1.94. The van der Waals surface area contributed by atoms with Gasteiger partial charge in [-0.1, -0.05) is 6.92 Å². The predicted molar refractivity (Wildman–Crippen MR) is 50.2 cm³/mol. The van der Waals surface area contributed by atoms with E-state index in [1.165, 1.54) is 0 Å². The molecule has 0 aromatic heterocycles. The maximum absolute atomic E-state index is 5.61. The summed E-state index contributed by atoms with van der Waals surface area (Å²) in [5.41, 5.74) is 5.61. The first-order chi connectivity index (χ1) is 5.68. The van der Waals surface area contributed by atoms with Gasteiger partial charge in [0.1, 0.15) is 0 Å². The van der Waals surface area contributed by atoms with Gasteiger partial charge in [0.15, 0.2) is 0 Å². The van der Waals surface area contributed by atoms with Crippen LogP contribution < -0.4 is 5.73 Å². The van der Waals surface area contributed by atoms with Crippen LogP contribution in [0.4, 0.5) is 0 Å². The third kappa shape index (κ3) is 6.58. The zero-order chi connectivity index (χ0) is 9.40. The fourth-order valence-electron chi connectivity index (χ4n) is 0.691. The van der Waals surface area contributed by atoms with Gasteiger partial charge < -0.3 is 15.2 Å². The minimum absolute atomic E-state index is 0.0937. The molecule has 3 heteroatoms. The first-order valence-corrected chi connectivity index (χ1v) is 4.63. The molecule has 0 amide bonds. The maximum atomic E-state index is 5.61. The lowest BCUT2D eigenvalue weighted by atomic mass is 10.2. The molecule has 3 nitrogen and oxygen atoms in total. The first-order valence-electron chi connectivity index (χ1n) is 4.63. The van der Waals surface area contributed by atoms with Gasteiger partial charge in [-0.15, -0.1) is 0 Å². The summed E-state index contributed by atoms with van der Waals surface area (Å²) in [5.74, 6) is 0. The van der Waals surface area contributed by atoms with E-state index in [1.807, 2.05) is 13.8 Å². The number of nitrogens with two attached hydrogens (primary N) is 1. The van der Waals surface area contributed by atoms with E-state index < -0.39 is 0 Å². The van der Waals surface area contributed by atoms with E-state index >= 15 is 0 Å². The molecule has 0 aliphatic heterocycles. The zero-order valence-corrected chi connectivity index (χ0v) is 8.38. The van der Waals surface area contributed by atoms with Crippen molar-refractivity contribution in [3.05, 3.63) is 0 Å². The van der Waals surface area contributed by atoms with Crippen molar-refractivity contribution < 1.29 is 9.47 Å². The summed E-state index contributed by atoms with van der Waals surface area (Å²) < 4.78 is 10.6. The Morgan fingerprint density at radius 3 is 2.33 bits per heavy atom. The van der Waals surface area contributed by atoms with E-state index in [-0.39, 0.29) is 12.1 Å². The minimum atomic E-state index is 0.0937. The monoisotopic (exact) mass is 175 g/mol. The van der Waals surface area contributed by atoms with Crippen LogP contribution in [0.15, 0.2) is 0 Å². The molecule has 0 saturated carbocycles. The van der Waals surface area contributed by atoms with Crippen molar-refractivity contribution in [2.24, 2.45) is 5.73 Å². The highest BCUT2D eigenvalue weighted by molar-refractivity contribution is 4.61. The molecule has 2 atom stereocenters. The Labute approximate surface area is 75.2 Å². The van der Waals surface area contributed by atoms with Crippen molar-refractivity contribution >= 4 is 0 Å². The SMILES string of the molecule is CCCOCCOC(C)[C@H](C)N. The van der Waals surface area contributed by atoms with Gasteiger partial charge in [-0.25, -0.2) is 0 Å². The van der Waals surface area contributed by atoms with Gasteiger partial charge in [-0.2, -0.15) is 0 Å². The van der Waals surface area contributed by atoms with E-state index in [9.17, 15) is 0 Å². The molecule has 1 unspecified atom stereocenters. The Morgan fingerprint density at radius 2 is 1.83 bits per heavy atom. The Hall–Kier alpha value is -0.120. The summed E-state index contributed by atoms with van der Waals surface area (Å²) in [4.78, 5) is 0. The summed E-state index contributed by atoms with van der Waals surface area (Å²) in [6, 6.07) is 0.0937. The van der Waals surface area contributed by atoms with Gasteiger partial charge >= 0.3 is 0 Å². The zero-order valence-electron chi connectivity index (χ0n) is 8.38. The summed E-state index contributed by atoms with van der Waals surface area (Å²) in [5, 5.41) is 0. The van der Waals surface area contributed by atoms with Gasteiger partial charge in [0.25, 0.3) is 0 Å². The Bertz CT molecular complexity index is 96.5. The molecular weight excluding hydrogens is 154 g/mol. The molecule has 12 heavy (non-hydrogen) atoms. The summed E-state index contributed by atoms with van der Waals surface area (Å²) in [6.07, 6.45) is 1.18. The lowest BCUT2D eigenvalue weighted by Gasteiger charge is -2.16. The van der Waals surface area contributed by atoms with Crippen molar-refractivity contribution in [3.63, 3.8) is 0 Å². The second-order valence-electron chi connectivity index (χ2n) is 3.05. The second kappa shape index (κ2) is 7.53. The maximum Gasteiger partial charge on any atom is 0.0704 e. The van der Waals surface area contributed by atoms with Crippen LogP contribution in [0.2, 0.25) is 0 Å². The standard InChI is InChI=1S/C9H21NO2/c1-4-5-11-6-7-12-9(3)8(2)10/h8-9H,4-7,10H2,1-3H3/t8-,9?/m0/s1. The van der Waals surface area contributed by atoms with Gasteiger partial charge in [-0.05, 0) is 20.3 Å². The molecule has 0 fully saturated rings. The van der Waals surface area contributed by atoms with E-state index in [4.69, 9.17) is 15.2 Å². The van der Waals surface area contributed by atoms with Crippen LogP contribution in [0.1, 0.15) is 27.2 Å². The molecule has 0 radical (unpaired) electrons. The summed E-state index contributed by atoms with van der Waals surface area (Å²) >= 11 is 0. The molecule has 0 bridgehead atoms. The molecular formula is C9H21NO2. The fourth-order valence-corrected chi connectivity index (χ4v) is 0.691. The molecule has 0 aromatic rings. The lowest BCUT2D eigenvalue weighted by Crippen LogP contribution is -2.32. The average Bonchev–Trinajstić information content (AvgIpc) is 2.03. The Balaban J connectivity index is 3.08. The molecule has 0 heterocycles. The van der Waals surface area contributed by atoms with Crippen LogP contribution in [0.3, 0.4) is 0 Å². The molecule has 0 saturated heterocycles. The van der Waals surface area contributed by atoms with Crippen molar-refractivity contribution in [2.45, 2.75) is 39.3 Å². The summed E-state index contributed by atoms with van der Waals surface area (Å²) in [6.45, 7) is 8.14. The van der Waals surface area contributed by atoms with Crippen molar-refractivity contribution in [1.29, 1.82) is 0 Å². The predicted octanol–water partition coefficient (Wildman–Crippen LogP) is 1.17. The van der Waals surface area contributed by atoms with Crippen LogP contribution in [0.25, 0.3) is 0 Å². The lowest BCUT2D eigenvalue weighted by molar-refractivity contribution is 0.00480. The third-order valence-corrected chi connectivity index (χ3v) is 1.70. The van der Waals surface area contributed by atoms with Gasteiger partial charge in [0, 0.05) is 12.6 Å². The second-order valence-corrected chi connectivity index (χ2v) is 3.05. The highest BCUT2D eigenvalue weighted by atomic mass is 16.5. The molecule has 0 aliphatic rings. The van der Waals surface area contributed by atoms with Crippen molar-refractivity contribution in [3.8, 4) is 0 Å². The van der Waals surface area contributed by atoms with E-state index in [0.29, 0.717) is 13.2 Å². The average molecular weight is 175 g/mol. The molecule has 0 aliphatic carbocycles. The van der Waals surface area contributed by atoms with Gasteiger partial charge in [0.2, 0.25) is 0 Å². The largest absolute Gasteiger partial charge is 0.379 e. The smallest absolute Gasteiger partial charge is 0.0704 e. The number of ether oxygens (including phenoxy) is 2. The van der Waals surface area contributed by atoms with E-state index in [1.54, 1.807) is 0 Å². The topological polar surface area (TPSA) is 44.5 Å². The molecule has 0 spiro atoms. The van der Waals surface area contributed by atoms with Crippen LogP contribution >= 0.6 is 0 Å². The first kappa shape index (κ1) is 11.9. The van der Waals surface area contributed by atoms with Gasteiger partial charge in [0.05, 0.1) is 19.3 Å². The van der Waals surface area contributed by atoms with Crippen molar-refractivity contribution in [2.75, 3.05) is 19.8 Å². The quantitative estimate of drug-likeness (QED) is 0.591. The normalized spacial score (nSPS) is 16.0. The van der Waals surface area contributed by atoms with Crippen LogP contribution in [0, 0.1) is 0 Å². The summed E-state index contributed by atoms with van der Waals surface area (Å²) in [7, 11) is 0. The number of hydrogen-bond donors (Lipinski definition) is 1. The van der Waals surface area contributed by atoms with Crippen molar-refractivity contribution in [1.82, 2.24) is 0 Å². The van der Waals surface area contributed by atoms with E-state index in [2.05, 4.69) is 6.92 Å². The molecule has 0 aromatic carbocycles. The van der Waals surface area contributed by atoms with Crippen LogP contribution in [-0.2, 0) is 9.47 Å². The van der Waals surface area contributed by atoms with Crippen LogP contribution in [-0.4, -0.2) is 32.0 Å². The third-order valence-electron chi connectivity index (χ3n) is 1.70. The minimum Gasteiger partial charge on any atom is -0.379 e. The number of rotatable bonds is 7. The Morgan fingerprint density at radius 1 is 1.17 bits per heavy atom. The van der Waals surface area contributed by atoms with Gasteiger partial charge in [-0.3, -0.25) is 0 Å².